The molecule has 44 heavy (non-hydrogen) atoms. The minimum atomic E-state index is -3.52. The molecule has 0 bridgehead atoms. The maximum Gasteiger partial charge on any atom is 0.378 e. The summed E-state index contributed by atoms with van der Waals surface area (Å²) in [5, 5.41) is 0. The third-order valence-corrected chi connectivity index (χ3v) is 11.2. The molecule has 3 unspecified atom stereocenters. The summed E-state index contributed by atoms with van der Waals surface area (Å²) in [5.41, 5.74) is 0. The molecule has 0 aromatic heterocycles. The Morgan fingerprint density at radius 3 is 1.57 bits per heavy atom. The zero-order chi connectivity index (χ0) is 31.6. The highest BCUT2D eigenvalue weighted by Gasteiger charge is 2.35. The van der Waals surface area contributed by atoms with Gasteiger partial charge < -0.3 is 41.4 Å². The fraction of sp³-hybridized carbons (Fsp3) is 0.400. The summed E-state index contributed by atoms with van der Waals surface area (Å²) >= 11 is 0. The molecule has 0 aliphatic rings. The molecule has 0 saturated carbocycles. The van der Waals surface area contributed by atoms with Crippen molar-refractivity contribution in [3.63, 3.8) is 0 Å². The van der Waals surface area contributed by atoms with Crippen molar-refractivity contribution in [2.45, 2.75) is 40.0 Å². The smallest absolute Gasteiger partial charge is 0.378 e. The second-order valence-electron chi connectivity index (χ2n) is 8.93. The molecule has 0 fully saturated rings. The monoisotopic (exact) mass is 668 g/mol. The van der Waals surface area contributed by atoms with E-state index in [2.05, 4.69) is 4.86 Å². The second kappa shape index (κ2) is 19.7. The van der Waals surface area contributed by atoms with Crippen molar-refractivity contribution in [2.24, 2.45) is 4.52 Å². The highest BCUT2D eigenvalue weighted by molar-refractivity contribution is 7.70. The van der Waals surface area contributed by atoms with Gasteiger partial charge in [-0.15, -0.1) is 9.37 Å². The lowest BCUT2D eigenvalue weighted by Gasteiger charge is -2.30. The van der Waals surface area contributed by atoms with E-state index in [1.54, 1.807) is 51.7 Å². The second-order valence-corrected chi connectivity index (χ2v) is 13.8. The number of benzene rings is 3. The van der Waals surface area contributed by atoms with Crippen LogP contribution in [0.3, 0.4) is 0 Å². The molecule has 3 aromatic rings. The minimum absolute atomic E-state index is 0.316. The van der Waals surface area contributed by atoms with E-state index in [-0.39, 0.29) is 0 Å². The number of hydrogen-bond donors (Lipinski definition) is 1. The molecule has 11 nitrogen and oxygen atoms in total. The molecule has 0 heterocycles. The summed E-state index contributed by atoms with van der Waals surface area (Å²) in [6.45, 7) is 7.15. The van der Waals surface area contributed by atoms with Gasteiger partial charge >= 0.3 is 24.7 Å². The first-order valence-electron chi connectivity index (χ1n) is 14.4. The molecule has 0 saturated heterocycles. The van der Waals surface area contributed by atoms with E-state index in [9.17, 15) is 0 Å². The number of rotatable bonds is 21. The van der Waals surface area contributed by atoms with Crippen LogP contribution in [-0.2, 0) is 13.6 Å². The van der Waals surface area contributed by atoms with Crippen LogP contribution in [0.25, 0.3) is 0 Å². The molecular weight excluding hydrogens is 625 g/mol. The molecule has 0 aliphatic carbocycles. The summed E-state index contributed by atoms with van der Waals surface area (Å²) < 4.78 is 60.0. The average Bonchev–Trinajstić information content (AvgIpc) is 3.05. The van der Waals surface area contributed by atoms with Gasteiger partial charge in [-0.3, -0.25) is 0 Å². The standard InChI is InChI=1S/C30H43N2O9P3/c1-7-22-36-42(39-28-19-13-10-16-25(28)33-4)31-44(38-24-9-3,41-30-21-15-12-18-27(30)35-6)32-43(37-23-8-2)40-29-20-14-11-17-26(29)34-5/h10-21,31H,7-9,22-24H2,1-6H3. The van der Waals surface area contributed by atoms with Gasteiger partial charge in [-0.25, -0.2) is 0 Å². The van der Waals surface area contributed by atoms with Crippen LogP contribution in [0.15, 0.2) is 77.3 Å². The van der Waals surface area contributed by atoms with Gasteiger partial charge in [-0.05, 0) is 55.7 Å². The number of para-hydroxylation sites is 6. The van der Waals surface area contributed by atoms with Crippen LogP contribution in [0.1, 0.15) is 40.0 Å². The Morgan fingerprint density at radius 2 is 1.05 bits per heavy atom. The lowest BCUT2D eigenvalue weighted by molar-refractivity contribution is 0.281. The van der Waals surface area contributed by atoms with Crippen LogP contribution in [0.2, 0.25) is 0 Å². The van der Waals surface area contributed by atoms with Crippen molar-refractivity contribution in [3.8, 4) is 34.5 Å². The third-order valence-electron chi connectivity index (χ3n) is 5.47. The molecule has 3 rings (SSSR count). The van der Waals surface area contributed by atoms with Crippen LogP contribution in [-0.4, -0.2) is 41.2 Å². The van der Waals surface area contributed by atoms with Crippen LogP contribution in [0.5, 0.6) is 34.5 Å². The van der Waals surface area contributed by atoms with Gasteiger partial charge in [0.1, 0.15) is 0 Å². The van der Waals surface area contributed by atoms with Gasteiger partial charge in [0, 0.05) is 0 Å². The van der Waals surface area contributed by atoms with Crippen molar-refractivity contribution in [2.75, 3.05) is 41.2 Å². The van der Waals surface area contributed by atoms with Gasteiger partial charge in [0.25, 0.3) is 0 Å². The third kappa shape index (κ3) is 11.1. The largest absolute Gasteiger partial charge is 0.493 e. The minimum Gasteiger partial charge on any atom is -0.493 e. The van der Waals surface area contributed by atoms with Crippen LogP contribution >= 0.6 is 24.7 Å². The molecule has 0 spiro atoms. The number of nitrogens with zero attached hydrogens (tertiary/aromatic N) is 1. The van der Waals surface area contributed by atoms with E-state index < -0.39 is 24.7 Å². The van der Waals surface area contributed by atoms with E-state index >= 15 is 0 Å². The maximum absolute atomic E-state index is 6.67. The van der Waals surface area contributed by atoms with E-state index in [0.717, 1.165) is 12.8 Å². The van der Waals surface area contributed by atoms with Gasteiger partial charge in [-0.2, -0.15) is 0 Å². The molecule has 242 valence electrons. The predicted molar refractivity (Wildman–Crippen MR) is 176 cm³/mol. The zero-order valence-electron chi connectivity index (χ0n) is 26.1. The van der Waals surface area contributed by atoms with E-state index in [1.165, 1.54) is 0 Å². The number of hydrogen-bond acceptors (Lipinski definition) is 10. The summed E-state index contributed by atoms with van der Waals surface area (Å²) in [4.78, 5) is 3.39. The Labute approximate surface area is 263 Å². The first kappa shape index (κ1) is 35.9. The first-order chi connectivity index (χ1) is 21.5. The van der Waals surface area contributed by atoms with Crippen molar-refractivity contribution < 1.29 is 41.4 Å². The fourth-order valence-electron chi connectivity index (χ4n) is 3.43. The number of methoxy groups -OCH3 is 3. The number of ether oxygens (including phenoxy) is 3. The molecular formula is C30H43N2O9P3. The summed E-state index contributed by atoms with van der Waals surface area (Å²) in [6.07, 6.45) is 2.19. The Kier molecular flexibility index (Phi) is 16.1. The molecule has 14 heteroatoms. The maximum atomic E-state index is 6.67. The Hall–Kier alpha value is -2.61. The summed E-state index contributed by atoms with van der Waals surface area (Å²) in [6, 6.07) is 21.9. The molecule has 3 aromatic carbocycles. The van der Waals surface area contributed by atoms with Crippen LogP contribution in [0, 0.1) is 0 Å². The Morgan fingerprint density at radius 1 is 0.591 bits per heavy atom. The first-order valence-corrected chi connectivity index (χ1v) is 18.2. The van der Waals surface area contributed by atoms with Gasteiger partial charge in [-0.1, -0.05) is 57.2 Å². The molecule has 0 aliphatic heterocycles. The number of nitrogens with one attached hydrogen (secondary N) is 1. The van der Waals surface area contributed by atoms with Crippen molar-refractivity contribution >= 4 is 24.7 Å². The van der Waals surface area contributed by atoms with Crippen molar-refractivity contribution in [1.29, 1.82) is 0 Å². The molecule has 3 atom stereocenters. The molecule has 0 radical (unpaired) electrons. The Bertz CT molecular complexity index is 1320. The summed E-state index contributed by atoms with van der Waals surface area (Å²) in [5.74, 6) is 2.98. The zero-order valence-corrected chi connectivity index (χ0v) is 28.8. The van der Waals surface area contributed by atoms with Crippen molar-refractivity contribution in [1.82, 2.24) is 4.86 Å². The lowest BCUT2D eigenvalue weighted by Crippen LogP contribution is -2.17. The van der Waals surface area contributed by atoms with Crippen LogP contribution < -0.4 is 32.6 Å². The normalized spacial score (nSPS) is 13.7. The molecule has 1 N–H and O–H groups in total. The van der Waals surface area contributed by atoms with Crippen LogP contribution in [0.4, 0.5) is 0 Å². The average molecular weight is 669 g/mol. The highest BCUT2D eigenvalue weighted by Crippen LogP contribution is 2.63. The van der Waals surface area contributed by atoms with E-state index in [4.69, 9.17) is 45.9 Å². The van der Waals surface area contributed by atoms with Gasteiger partial charge in [0.15, 0.2) is 34.5 Å². The predicted octanol–water partition coefficient (Wildman–Crippen LogP) is 9.52. The van der Waals surface area contributed by atoms with E-state index in [0.29, 0.717) is 60.7 Å². The quantitative estimate of drug-likeness (QED) is 0.110. The lowest BCUT2D eigenvalue weighted by atomic mass is 10.3. The van der Waals surface area contributed by atoms with Crippen molar-refractivity contribution in [3.05, 3.63) is 72.8 Å². The fourth-order valence-corrected chi connectivity index (χ4v) is 9.38. The van der Waals surface area contributed by atoms with Gasteiger partial charge in [0.05, 0.1) is 41.2 Å². The SMILES string of the molecule is CCCOP(N=P(NP(OCCC)Oc1ccccc1OC)(OCCC)Oc1ccccc1OC)Oc1ccccc1OC. The van der Waals surface area contributed by atoms with E-state index in [1.807, 2.05) is 63.2 Å². The highest BCUT2D eigenvalue weighted by atomic mass is 31.3. The summed E-state index contributed by atoms with van der Waals surface area (Å²) in [7, 11) is -2.64. The topological polar surface area (TPSA) is 107 Å². The Balaban J connectivity index is 2.17. The van der Waals surface area contributed by atoms with Gasteiger partial charge in [0.2, 0.25) is 0 Å². The molecule has 0 amide bonds.